The maximum atomic E-state index is 12.9. The number of rotatable bonds is 6. The van der Waals surface area contributed by atoms with E-state index in [1.807, 2.05) is 19.1 Å². The number of ether oxygens (including phenoxy) is 1. The third kappa shape index (κ3) is 4.18. The summed E-state index contributed by atoms with van der Waals surface area (Å²) in [5.41, 5.74) is 0. The molecule has 1 amide bonds. The van der Waals surface area contributed by atoms with Crippen LogP contribution in [0.1, 0.15) is 18.7 Å². The molecule has 134 valence electrons. The van der Waals surface area contributed by atoms with Crippen LogP contribution in [0.4, 0.5) is 5.82 Å². The smallest absolute Gasteiger partial charge is 0.266 e. The number of nitrogens with zero attached hydrogens (tertiary/aromatic N) is 2. The van der Waals surface area contributed by atoms with E-state index in [-0.39, 0.29) is 18.6 Å². The summed E-state index contributed by atoms with van der Waals surface area (Å²) in [6.45, 7) is 1.68. The molecule has 0 aliphatic rings. The van der Waals surface area contributed by atoms with E-state index in [1.54, 1.807) is 48.9 Å². The van der Waals surface area contributed by atoms with Gasteiger partial charge in [-0.05, 0) is 43.3 Å². The molecule has 0 spiro atoms. The normalized spacial score (nSPS) is 11.8. The lowest BCUT2D eigenvalue weighted by atomic mass is 10.2. The molecule has 0 saturated heterocycles. The number of hydrogen-bond donors (Lipinski definition) is 0. The fourth-order valence-corrected chi connectivity index (χ4v) is 2.76. The third-order valence-corrected chi connectivity index (χ3v) is 4.50. The first-order valence-corrected chi connectivity index (χ1v) is 8.66. The predicted octanol–water partition coefficient (Wildman–Crippen LogP) is 5.15. The lowest BCUT2D eigenvalue weighted by molar-refractivity contribution is -0.121. The second-order valence-corrected chi connectivity index (χ2v) is 6.32. The zero-order valence-corrected chi connectivity index (χ0v) is 15.4. The Hall–Kier alpha value is -2.50. The van der Waals surface area contributed by atoms with Crippen molar-refractivity contribution in [3.63, 3.8) is 0 Å². The van der Waals surface area contributed by atoms with Crippen molar-refractivity contribution in [2.24, 2.45) is 0 Å². The van der Waals surface area contributed by atoms with Crippen molar-refractivity contribution in [2.75, 3.05) is 11.5 Å². The second kappa shape index (κ2) is 8.25. The molecule has 0 saturated carbocycles. The van der Waals surface area contributed by atoms with Crippen molar-refractivity contribution in [3.8, 4) is 5.75 Å². The highest BCUT2D eigenvalue weighted by atomic mass is 35.5. The molecule has 0 unspecified atom stereocenters. The Kier molecular flexibility index (Phi) is 5.81. The van der Waals surface area contributed by atoms with Gasteiger partial charge in [0.2, 0.25) is 0 Å². The number of anilines is 1. The zero-order chi connectivity index (χ0) is 18.5. The number of carbonyl (C=O) groups is 1. The van der Waals surface area contributed by atoms with Gasteiger partial charge in [0.05, 0.1) is 22.4 Å². The zero-order valence-electron chi connectivity index (χ0n) is 13.9. The fourth-order valence-electron chi connectivity index (χ4n) is 2.48. The van der Waals surface area contributed by atoms with Crippen molar-refractivity contribution in [1.82, 2.24) is 4.98 Å². The third-order valence-electron chi connectivity index (χ3n) is 3.76. The van der Waals surface area contributed by atoms with Crippen molar-refractivity contribution in [2.45, 2.75) is 13.0 Å². The first-order valence-electron chi connectivity index (χ1n) is 7.90. The Morgan fingerprint density at radius 1 is 1.19 bits per heavy atom. The predicted molar refractivity (Wildman–Crippen MR) is 101 cm³/mol. The summed E-state index contributed by atoms with van der Waals surface area (Å²) in [6.07, 6.45) is 3.20. The van der Waals surface area contributed by atoms with Crippen molar-refractivity contribution < 1.29 is 13.9 Å². The molecular formula is C19H16Cl2N2O3. The summed E-state index contributed by atoms with van der Waals surface area (Å²) in [5, 5.41) is 0.786. The molecule has 1 atom stereocenters. The monoisotopic (exact) mass is 390 g/mol. The van der Waals surface area contributed by atoms with E-state index in [9.17, 15) is 4.79 Å². The molecule has 3 rings (SSSR count). The maximum Gasteiger partial charge on any atom is 0.266 e. The molecule has 3 aromatic rings. The number of furan rings is 1. The van der Waals surface area contributed by atoms with Crippen molar-refractivity contribution in [1.29, 1.82) is 0 Å². The molecule has 0 bridgehead atoms. The van der Waals surface area contributed by atoms with Crippen LogP contribution in [0.15, 0.2) is 65.4 Å². The summed E-state index contributed by atoms with van der Waals surface area (Å²) in [5.74, 6) is 1.36. The first kappa shape index (κ1) is 18.3. The standard InChI is InChI=1S/C19H16Cl2N2O3/c1-13(17-5-4-10-25-17)23(18-6-2-3-9-22-18)19(24)12-26-14-7-8-15(20)16(21)11-14/h2-11,13H,12H2,1H3/t13-/m0/s1. The molecular weight excluding hydrogens is 375 g/mol. The van der Waals surface area contributed by atoms with Gasteiger partial charge in [0, 0.05) is 12.3 Å². The molecule has 0 radical (unpaired) electrons. The van der Waals surface area contributed by atoms with Crippen LogP contribution in [0.5, 0.6) is 5.75 Å². The highest BCUT2D eigenvalue weighted by molar-refractivity contribution is 6.42. The van der Waals surface area contributed by atoms with E-state index < -0.39 is 0 Å². The molecule has 0 aliphatic heterocycles. The fraction of sp³-hybridized carbons (Fsp3) is 0.158. The van der Waals surface area contributed by atoms with E-state index in [1.165, 1.54) is 4.90 Å². The summed E-state index contributed by atoms with van der Waals surface area (Å²) in [6, 6.07) is 13.5. The molecule has 0 N–H and O–H groups in total. The lowest BCUT2D eigenvalue weighted by Gasteiger charge is -2.27. The minimum absolute atomic E-state index is 0.181. The van der Waals surface area contributed by atoms with Gasteiger partial charge in [0.15, 0.2) is 6.61 Å². The van der Waals surface area contributed by atoms with Gasteiger partial charge < -0.3 is 9.15 Å². The first-order chi connectivity index (χ1) is 12.6. The Morgan fingerprint density at radius 2 is 2.04 bits per heavy atom. The van der Waals surface area contributed by atoms with Gasteiger partial charge in [0.1, 0.15) is 17.3 Å². The van der Waals surface area contributed by atoms with Gasteiger partial charge in [-0.25, -0.2) is 4.98 Å². The Labute approximate surface area is 161 Å². The van der Waals surface area contributed by atoms with E-state index in [4.69, 9.17) is 32.4 Å². The Morgan fingerprint density at radius 3 is 2.69 bits per heavy atom. The number of amides is 1. The van der Waals surface area contributed by atoms with Crippen LogP contribution in [0, 0.1) is 0 Å². The average Bonchev–Trinajstić information content (AvgIpc) is 3.18. The second-order valence-electron chi connectivity index (χ2n) is 5.51. The molecule has 26 heavy (non-hydrogen) atoms. The van der Waals surface area contributed by atoms with Crippen LogP contribution >= 0.6 is 23.2 Å². The van der Waals surface area contributed by atoms with Gasteiger partial charge in [-0.3, -0.25) is 9.69 Å². The minimum atomic E-state index is -0.343. The highest BCUT2D eigenvalue weighted by Crippen LogP contribution is 2.28. The largest absolute Gasteiger partial charge is 0.484 e. The van der Waals surface area contributed by atoms with Gasteiger partial charge in [0.25, 0.3) is 5.91 Å². The minimum Gasteiger partial charge on any atom is -0.484 e. The van der Waals surface area contributed by atoms with E-state index in [0.29, 0.717) is 27.4 Å². The van der Waals surface area contributed by atoms with Gasteiger partial charge in [-0.15, -0.1) is 0 Å². The Bertz CT molecular complexity index is 870. The van der Waals surface area contributed by atoms with Gasteiger partial charge in [-0.2, -0.15) is 0 Å². The molecule has 1 aromatic carbocycles. The number of pyridine rings is 1. The van der Waals surface area contributed by atoms with Crippen molar-refractivity contribution in [3.05, 3.63) is 76.8 Å². The SMILES string of the molecule is C[C@@H](c1ccco1)N(C(=O)COc1ccc(Cl)c(Cl)c1)c1ccccn1. The number of carbonyl (C=O) groups excluding carboxylic acids is 1. The van der Waals surface area contributed by atoms with Crippen molar-refractivity contribution >= 4 is 34.9 Å². The number of aromatic nitrogens is 1. The lowest BCUT2D eigenvalue weighted by Crippen LogP contribution is -2.37. The van der Waals surface area contributed by atoms with Gasteiger partial charge >= 0.3 is 0 Å². The summed E-state index contributed by atoms with van der Waals surface area (Å²) in [7, 11) is 0. The van der Waals surface area contributed by atoms with Crippen LogP contribution in [0.3, 0.4) is 0 Å². The molecule has 7 heteroatoms. The Balaban J connectivity index is 1.79. The topological polar surface area (TPSA) is 55.6 Å². The quantitative estimate of drug-likeness (QED) is 0.583. The summed E-state index contributed by atoms with van der Waals surface area (Å²) < 4.78 is 11.0. The molecule has 5 nitrogen and oxygen atoms in total. The summed E-state index contributed by atoms with van der Waals surface area (Å²) in [4.78, 5) is 18.7. The van der Waals surface area contributed by atoms with E-state index >= 15 is 0 Å². The maximum absolute atomic E-state index is 12.9. The molecule has 0 fully saturated rings. The molecule has 0 aliphatic carbocycles. The van der Waals surface area contributed by atoms with E-state index in [2.05, 4.69) is 4.98 Å². The van der Waals surface area contributed by atoms with Gasteiger partial charge in [-0.1, -0.05) is 29.3 Å². The van der Waals surface area contributed by atoms with Crippen LogP contribution in [-0.2, 0) is 4.79 Å². The van der Waals surface area contributed by atoms with Crippen LogP contribution < -0.4 is 9.64 Å². The van der Waals surface area contributed by atoms with Crippen LogP contribution in [-0.4, -0.2) is 17.5 Å². The molecule has 2 aromatic heterocycles. The molecule has 2 heterocycles. The number of benzene rings is 1. The van der Waals surface area contributed by atoms with E-state index in [0.717, 1.165) is 0 Å². The average molecular weight is 391 g/mol. The van der Waals surface area contributed by atoms with Crippen LogP contribution in [0.2, 0.25) is 10.0 Å². The highest BCUT2D eigenvalue weighted by Gasteiger charge is 2.26. The number of halogens is 2. The number of hydrogen-bond acceptors (Lipinski definition) is 4. The van der Waals surface area contributed by atoms with Crippen LogP contribution in [0.25, 0.3) is 0 Å². The summed E-state index contributed by atoms with van der Waals surface area (Å²) >= 11 is 11.9.